The van der Waals surface area contributed by atoms with Gasteiger partial charge in [0, 0.05) is 6.42 Å². The summed E-state index contributed by atoms with van der Waals surface area (Å²) in [7, 11) is 0. The molecule has 486 valence electrons. The number of aliphatic hydroxyl groups excluding tert-OH is 5. The molecule has 1 heterocycles. The third-order valence-electron chi connectivity index (χ3n) is 15.7. The Labute approximate surface area is 521 Å². The number of unbranched alkanes of at least 4 members (excludes halogenated alkanes) is 29. The Morgan fingerprint density at radius 1 is 0.412 bits per heavy atom. The highest BCUT2D eigenvalue weighted by Gasteiger charge is 2.44. The lowest BCUT2D eigenvalue weighted by molar-refractivity contribution is -0.302. The number of carbonyl (C=O) groups is 1. The molecule has 1 amide bonds. The third-order valence-corrected chi connectivity index (χ3v) is 15.7. The number of rotatable bonds is 59. The Bertz CT molecular complexity index is 1800. The van der Waals surface area contributed by atoms with Crippen molar-refractivity contribution in [3.63, 3.8) is 0 Å². The summed E-state index contributed by atoms with van der Waals surface area (Å²) in [4.78, 5) is 13.1. The smallest absolute Gasteiger partial charge is 0.220 e. The average molecular weight is 1180 g/mol. The number of carbonyl (C=O) groups excluding carboxylic acids is 1. The van der Waals surface area contributed by atoms with Crippen LogP contribution in [0.5, 0.6) is 0 Å². The van der Waals surface area contributed by atoms with Crippen LogP contribution < -0.4 is 5.32 Å². The van der Waals surface area contributed by atoms with Crippen LogP contribution in [0.4, 0.5) is 0 Å². The summed E-state index contributed by atoms with van der Waals surface area (Å²) in [5.41, 5.74) is 0. The van der Waals surface area contributed by atoms with Gasteiger partial charge in [0.2, 0.25) is 5.91 Å². The summed E-state index contributed by atoms with van der Waals surface area (Å²) in [5.74, 6) is -0.222. The van der Waals surface area contributed by atoms with Crippen LogP contribution in [0, 0.1) is 0 Å². The quantitative estimate of drug-likeness (QED) is 0.0261. The van der Waals surface area contributed by atoms with E-state index in [1.165, 1.54) is 161 Å². The Morgan fingerprint density at radius 3 is 1.13 bits per heavy atom. The van der Waals surface area contributed by atoms with Gasteiger partial charge in [-0.05, 0) is 103 Å². The minimum atomic E-state index is -1.59. The highest BCUT2D eigenvalue weighted by Crippen LogP contribution is 2.23. The molecule has 9 heteroatoms. The normalized spacial score (nSPS) is 19.0. The molecule has 85 heavy (non-hydrogen) atoms. The van der Waals surface area contributed by atoms with Gasteiger partial charge in [-0.3, -0.25) is 4.79 Å². The van der Waals surface area contributed by atoms with Crippen LogP contribution in [0.25, 0.3) is 0 Å². The fourth-order valence-corrected chi connectivity index (χ4v) is 10.3. The molecule has 0 aromatic carbocycles. The van der Waals surface area contributed by atoms with Crippen molar-refractivity contribution < 1.29 is 39.8 Å². The van der Waals surface area contributed by atoms with Crippen LogP contribution in [-0.4, -0.2) is 87.5 Å². The molecule has 0 radical (unpaired) electrons. The average Bonchev–Trinajstić information content (AvgIpc) is 3.54. The number of aliphatic hydroxyl groups is 5. The van der Waals surface area contributed by atoms with E-state index in [-0.39, 0.29) is 18.9 Å². The first-order valence-electron chi connectivity index (χ1n) is 34.9. The summed E-state index contributed by atoms with van der Waals surface area (Å²) in [6, 6.07) is -0.853. The highest BCUT2D eigenvalue weighted by molar-refractivity contribution is 5.76. The molecular formula is C76H129NO8. The first kappa shape index (κ1) is 79.3. The van der Waals surface area contributed by atoms with Gasteiger partial charge in [0.1, 0.15) is 24.4 Å². The molecule has 1 aliphatic heterocycles. The Balaban J connectivity index is 2.22. The molecule has 0 aliphatic carbocycles. The molecule has 0 spiro atoms. The number of ether oxygens (including phenoxy) is 2. The molecule has 0 aromatic heterocycles. The minimum absolute atomic E-state index is 0.222. The zero-order chi connectivity index (χ0) is 61.4. The molecule has 0 saturated carbocycles. The van der Waals surface area contributed by atoms with E-state index in [2.05, 4.69) is 141 Å². The van der Waals surface area contributed by atoms with E-state index in [4.69, 9.17) is 9.47 Å². The van der Waals surface area contributed by atoms with E-state index in [9.17, 15) is 30.3 Å². The highest BCUT2D eigenvalue weighted by atomic mass is 16.7. The molecular weight excluding hydrogens is 1050 g/mol. The monoisotopic (exact) mass is 1180 g/mol. The maximum absolute atomic E-state index is 13.1. The lowest BCUT2D eigenvalue weighted by atomic mass is 9.99. The summed E-state index contributed by atoms with van der Waals surface area (Å²) >= 11 is 0. The van der Waals surface area contributed by atoms with Crippen molar-refractivity contribution in [2.24, 2.45) is 0 Å². The first-order chi connectivity index (χ1) is 41.8. The van der Waals surface area contributed by atoms with Gasteiger partial charge >= 0.3 is 0 Å². The van der Waals surface area contributed by atoms with Gasteiger partial charge in [-0.2, -0.15) is 0 Å². The lowest BCUT2D eigenvalue weighted by Gasteiger charge is -2.40. The predicted octanol–water partition coefficient (Wildman–Crippen LogP) is 19.2. The molecule has 1 fully saturated rings. The second kappa shape index (κ2) is 63.4. The van der Waals surface area contributed by atoms with Crippen molar-refractivity contribution in [3.8, 4) is 0 Å². The Kier molecular flexibility index (Phi) is 59.1. The summed E-state index contributed by atoms with van der Waals surface area (Å²) < 4.78 is 11.3. The molecule has 0 bridgehead atoms. The van der Waals surface area contributed by atoms with E-state index >= 15 is 0 Å². The van der Waals surface area contributed by atoms with Gasteiger partial charge < -0.3 is 40.3 Å². The molecule has 1 saturated heterocycles. The predicted molar refractivity (Wildman–Crippen MR) is 363 cm³/mol. The van der Waals surface area contributed by atoms with Gasteiger partial charge in [0.15, 0.2) is 6.29 Å². The zero-order valence-electron chi connectivity index (χ0n) is 54.3. The number of amides is 1. The van der Waals surface area contributed by atoms with E-state index in [1.807, 2.05) is 6.08 Å². The number of hydrogen-bond donors (Lipinski definition) is 6. The summed E-state index contributed by atoms with van der Waals surface area (Å²) in [5, 5.41) is 54.7. The fraction of sp³-hybridized carbons (Fsp3) is 0.697. The Morgan fingerprint density at radius 2 is 0.741 bits per heavy atom. The molecule has 7 unspecified atom stereocenters. The van der Waals surface area contributed by atoms with E-state index < -0.39 is 49.5 Å². The van der Waals surface area contributed by atoms with Crippen molar-refractivity contribution in [2.45, 2.75) is 326 Å². The Hall–Kier alpha value is -3.67. The van der Waals surface area contributed by atoms with Gasteiger partial charge in [0.25, 0.3) is 0 Å². The van der Waals surface area contributed by atoms with Gasteiger partial charge in [0.05, 0.1) is 25.4 Å². The van der Waals surface area contributed by atoms with Crippen LogP contribution >= 0.6 is 0 Å². The molecule has 0 aromatic rings. The number of hydrogen-bond acceptors (Lipinski definition) is 8. The number of allylic oxidation sites excluding steroid dienone is 21. The van der Waals surface area contributed by atoms with Gasteiger partial charge in [-0.15, -0.1) is 0 Å². The van der Waals surface area contributed by atoms with E-state index in [0.717, 1.165) is 96.3 Å². The maximum Gasteiger partial charge on any atom is 0.220 e. The van der Waals surface area contributed by atoms with Crippen molar-refractivity contribution in [3.05, 3.63) is 134 Å². The SMILES string of the molecule is CC/C=C\C/C=C\C/C=C\C/C=C\C/C=C\C/C=C\C/C=C\C/C=C\C/C=C\CCCCCC(=O)NC(COC1OC(CO)C(O)C(O)C1O)C(O)/C=C/CC/C=C/CCCCCCCCCCCCCCCCCCCCCCCCCCC. The van der Waals surface area contributed by atoms with Gasteiger partial charge in [-0.25, -0.2) is 0 Å². The zero-order valence-corrected chi connectivity index (χ0v) is 54.3. The van der Waals surface area contributed by atoms with Crippen LogP contribution in [0.3, 0.4) is 0 Å². The second-order valence-corrected chi connectivity index (χ2v) is 23.6. The van der Waals surface area contributed by atoms with Crippen molar-refractivity contribution in [1.82, 2.24) is 5.32 Å². The summed E-state index contributed by atoms with van der Waals surface area (Å²) in [6.45, 7) is 3.65. The van der Waals surface area contributed by atoms with Gasteiger partial charge in [-0.1, -0.05) is 308 Å². The molecule has 1 aliphatic rings. The van der Waals surface area contributed by atoms with Crippen LogP contribution in [0.1, 0.15) is 284 Å². The van der Waals surface area contributed by atoms with Crippen molar-refractivity contribution in [1.29, 1.82) is 0 Å². The topological polar surface area (TPSA) is 149 Å². The fourth-order valence-electron chi connectivity index (χ4n) is 10.3. The molecule has 1 rings (SSSR count). The van der Waals surface area contributed by atoms with Crippen LogP contribution in [-0.2, 0) is 14.3 Å². The molecule has 9 nitrogen and oxygen atoms in total. The van der Waals surface area contributed by atoms with Crippen LogP contribution in [0.2, 0.25) is 0 Å². The largest absolute Gasteiger partial charge is 0.394 e. The summed E-state index contributed by atoms with van der Waals surface area (Å²) in [6.07, 6.45) is 89.8. The van der Waals surface area contributed by atoms with Crippen LogP contribution in [0.15, 0.2) is 134 Å². The molecule has 6 N–H and O–H groups in total. The van der Waals surface area contributed by atoms with Crippen molar-refractivity contribution >= 4 is 5.91 Å². The lowest BCUT2D eigenvalue weighted by Crippen LogP contribution is -2.60. The first-order valence-corrected chi connectivity index (χ1v) is 34.9. The third kappa shape index (κ3) is 52.0. The van der Waals surface area contributed by atoms with Crippen molar-refractivity contribution in [2.75, 3.05) is 13.2 Å². The number of nitrogens with one attached hydrogen (secondary N) is 1. The molecule has 7 atom stereocenters. The van der Waals surface area contributed by atoms with E-state index in [1.54, 1.807) is 6.08 Å². The van der Waals surface area contributed by atoms with E-state index in [0.29, 0.717) is 6.42 Å². The standard InChI is InChI=1S/C76H129NO8/c1-3-5-7-9-11-13-15-17-19-21-23-25-27-29-31-33-35-37-39-41-43-45-47-49-51-53-55-57-59-61-63-65-70(79)69(68-84-76-75(83)74(82)73(81)71(67-78)85-76)77-72(80)66-64-62-60-58-56-54-52-50-48-46-44-42-40-38-36-34-32-30-28-26-24-22-20-18-16-14-12-10-8-6-4-2/h6,8,12,14,18,20,24,26,30,32,36,38,42,44,48,50,54-57,63,65,69-71,73-76,78-79,81-83H,3-5,7,9-11,13,15-17,19,21-23,25,27-29,31,33-35,37,39-41,43,45-47,49,51-53,58-62,64,66-68H2,1-2H3,(H,77,80)/b8-6-,14-12-,20-18-,26-24-,32-30-,38-36-,44-42-,50-48-,56-54-,57-55+,65-63+. The maximum atomic E-state index is 13.1. The minimum Gasteiger partial charge on any atom is -0.394 e. The second-order valence-electron chi connectivity index (χ2n) is 23.6.